The van der Waals surface area contributed by atoms with Crippen LogP contribution in [0.1, 0.15) is 5.56 Å². The van der Waals surface area contributed by atoms with Crippen LogP contribution in [0.25, 0.3) is 0 Å². The van der Waals surface area contributed by atoms with Crippen molar-refractivity contribution in [2.24, 2.45) is 0 Å². The van der Waals surface area contributed by atoms with E-state index in [0.717, 1.165) is 0 Å². The topological polar surface area (TPSA) is 65.3 Å². The van der Waals surface area contributed by atoms with Crippen molar-refractivity contribution in [2.75, 3.05) is 0 Å². The quantitative estimate of drug-likeness (QED) is 0.442. The summed E-state index contributed by atoms with van der Waals surface area (Å²) in [6, 6.07) is 6.08. The number of aromatic nitrogens is 1. The number of ether oxygens (including phenoxy) is 1. The van der Waals surface area contributed by atoms with Crippen LogP contribution < -0.4 is 4.74 Å². The fourth-order valence-corrected chi connectivity index (χ4v) is 2.29. The van der Waals surface area contributed by atoms with E-state index in [1.54, 1.807) is 12.1 Å². The van der Waals surface area contributed by atoms with Crippen LogP contribution in [-0.2, 0) is 6.61 Å². The summed E-state index contributed by atoms with van der Waals surface area (Å²) >= 11 is 15.1. The number of nitro benzene ring substituents is 1. The summed E-state index contributed by atoms with van der Waals surface area (Å²) in [6.45, 7) is -0.00597. The highest BCUT2D eigenvalue weighted by molar-refractivity contribution is 9.10. The van der Waals surface area contributed by atoms with E-state index in [1.807, 2.05) is 0 Å². The Hall–Kier alpha value is -1.37. The highest BCUT2D eigenvalue weighted by Crippen LogP contribution is 2.32. The zero-order chi connectivity index (χ0) is 14.7. The molecule has 0 aliphatic heterocycles. The van der Waals surface area contributed by atoms with Crippen LogP contribution in [0.2, 0.25) is 10.2 Å². The molecule has 0 aliphatic rings. The first-order chi connectivity index (χ1) is 9.49. The van der Waals surface area contributed by atoms with Crippen molar-refractivity contribution in [3.05, 3.63) is 60.8 Å². The fourth-order valence-electron chi connectivity index (χ4n) is 1.48. The van der Waals surface area contributed by atoms with E-state index >= 15 is 0 Å². The lowest BCUT2D eigenvalue weighted by molar-refractivity contribution is -0.386. The number of halogens is 3. The fraction of sp³-hybridized carbons (Fsp3) is 0.0833. The van der Waals surface area contributed by atoms with Crippen LogP contribution in [0.15, 0.2) is 34.9 Å². The Balaban J connectivity index is 2.25. The first kappa shape index (κ1) is 15.0. The molecule has 0 radical (unpaired) electrons. The Labute approximate surface area is 132 Å². The van der Waals surface area contributed by atoms with Crippen molar-refractivity contribution in [1.82, 2.24) is 4.98 Å². The smallest absolute Gasteiger partial charge is 0.312 e. The van der Waals surface area contributed by atoms with Crippen molar-refractivity contribution in [3.8, 4) is 5.75 Å². The molecule has 20 heavy (non-hydrogen) atoms. The van der Waals surface area contributed by atoms with Crippen LogP contribution in [-0.4, -0.2) is 9.91 Å². The van der Waals surface area contributed by atoms with Gasteiger partial charge in [0.15, 0.2) is 5.75 Å². The van der Waals surface area contributed by atoms with Crippen molar-refractivity contribution in [1.29, 1.82) is 0 Å². The van der Waals surface area contributed by atoms with E-state index in [1.165, 1.54) is 18.3 Å². The monoisotopic (exact) mass is 376 g/mol. The van der Waals surface area contributed by atoms with Crippen LogP contribution >= 0.6 is 39.1 Å². The van der Waals surface area contributed by atoms with Gasteiger partial charge in [-0.2, -0.15) is 0 Å². The van der Waals surface area contributed by atoms with E-state index in [0.29, 0.717) is 15.1 Å². The van der Waals surface area contributed by atoms with Gasteiger partial charge in [0.25, 0.3) is 0 Å². The lowest BCUT2D eigenvalue weighted by atomic mass is 10.3. The molecule has 1 aromatic heterocycles. The molecule has 0 N–H and O–H groups in total. The lowest BCUT2D eigenvalue weighted by Crippen LogP contribution is -2.01. The first-order valence-corrected chi connectivity index (χ1v) is 6.89. The highest BCUT2D eigenvalue weighted by atomic mass is 79.9. The lowest BCUT2D eigenvalue weighted by Gasteiger charge is -2.09. The third-order valence-corrected chi connectivity index (χ3v) is 3.61. The Morgan fingerprint density at radius 3 is 2.75 bits per heavy atom. The second-order valence-corrected chi connectivity index (χ2v) is 5.40. The minimum Gasteiger partial charge on any atom is -0.482 e. The van der Waals surface area contributed by atoms with Gasteiger partial charge < -0.3 is 4.74 Å². The Morgan fingerprint density at radius 2 is 2.10 bits per heavy atom. The Bertz CT molecular complexity index is 647. The normalized spacial score (nSPS) is 10.3. The summed E-state index contributed by atoms with van der Waals surface area (Å²) in [7, 11) is 0. The third kappa shape index (κ3) is 3.39. The van der Waals surface area contributed by atoms with Gasteiger partial charge in [0.2, 0.25) is 0 Å². The van der Waals surface area contributed by atoms with E-state index in [9.17, 15) is 10.1 Å². The molecular formula is C12H7BrCl2N2O3. The minimum absolute atomic E-state index is 0.00597. The number of nitrogens with zero attached hydrogens (tertiary/aromatic N) is 2. The minimum atomic E-state index is -0.521. The maximum Gasteiger partial charge on any atom is 0.312 e. The highest BCUT2D eigenvalue weighted by Gasteiger charge is 2.17. The van der Waals surface area contributed by atoms with Gasteiger partial charge in [-0.1, -0.05) is 39.1 Å². The molecule has 104 valence electrons. The van der Waals surface area contributed by atoms with Gasteiger partial charge in [-0.15, -0.1) is 0 Å². The van der Waals surface area contributed by atoms with E-state index in [4.69, 9.17) is 27.9 Å². The molecule has 5 nitrogen and oxygen atoms in total. The molecule has 0 fully saturated rings. The first-order valence-electron chi connectivity index (χ1n) is 5.34. The summed E-state index contributed by atoms with van der Waals surface area (Å²) in [5, 5.41) is 11.6. The van der Waals surface area contributed by atoms with Crippen molar-refractivity contribution >= 4 is 44.8 Å². The van der Waals surface area contributed by atoms with Crippen molar-refractivity contribution < 1.29 is 9.66 Å². The van der Waals surface area contributed by atoms with Gasteiger partial charge >= 0.3 is 5.69 Å². The molecule has 0 amide bonds. The molecule has 2 rings (SSSR count). The van der Waals surface area contributed by atoms with Crippen LogP contribution in [0.3, 0.4) is 0 Å². The average molecular weight is 378 g/mol. The second kappa shape index (κ2) is 6.39. The van der Waals surface area contributed by atoms with E-state index in [-0.39, 0.29) is 23.2 Å². The maximum absolute atomic E-state index is 11.0. The van der Waals surface area contributed by atoms with Crippen LogP contribution in [0.5, 0.6) is 5.75 Å². The van der Waals surface area contributed by atoms with Gasteiger partial charge in [-0.25, -0.2) is 4.98 Å². The number of pyridine rings is 1. The molecule has 0 spiro atoms. The van der Waals surface area contributed by atoms with E-state index < -0.39 is 4.92 Å². The Kier molecular flexibility index (Phi) is 4.80. The number of hydrogen-bond acceptors (Lipinski definition) is 4. The van der Waals surface area contributed by atoms with Gasteiger partial charge in [0, 0.05) is 22.3 Å². The summed E-state index contributed by atoms with van der Waals surface area (Å²) in [5.41, 5.74) is 0.337. The molecule has 0 bridgehead atoms. The molecule has 0 unspecified atom stereocenters. The van der Waals surface area contributed by atoms with Crippen molar-refractivity contribution in [2.45, 2.75) is 6.61 Å². The van der Waals surface area contributed by atoms with E-state index in [2.05, 4.69) is 20.9 Å². The molecule has 0 aliphatic carbocycles. The summed E-state index contributed by atoms with van der Waals surface area (Å²) in [6.07, 6.45) is 1.47. The standard InChI is InChI=1S/C12H7BrCl2N2O3/c13-7-1-2-11(10(5-7)17(18)19)20-6-8-9(14)3-4-16-12(8)15/h1-5H,6H2. The van der Waals surface area contributed by atoms with Gasteiger partial charge in [-0.05, 0) is 18.2 Å². The van der Waals surface area contributed by atoms with Gasteiger partial charge in [0.05, 0.1) is 9.95 Å². The molecule has 1 heterocycles. The molecule has 1 aromatic carbocycles. The zero-order valence-electron chi connectivity index (χ0n) is 9.85. The van der Waals surface area contributed by atoms with Gasteiger partial charge in [0.1, 0.15) is 11.8 Å². The summed E-state index contributed by atoms with van der Waals surface area (Å²) in [5.74, 6) is 0.134. The van der Waals surface area contributed by atoms with Gasteiger partial charge in [-0.3, -0.25) is 10.1 Å². The third-order valence-electron chi connectivity index (χ3n) is 2.44. The molecule has 0 atom stereocenters. The maximum atomic E-state index is 11.0. The molecule has 0 saturated carbocycles. The molecule has 8 heteroatoms. The van der Waals surface area contributed by atoms with Crippen LogP contribution in [0.4, 0.5) is 5.69 Å². The SMILES string of the molecule is O=[N+]([O-])c1cc(Br)ccc1OCc1c(Cl)ccnc1Cl. The molecular weight excluding hydrogens is 371 g/mol. The average Bonchev–Trinajstić information content (AvgIpc) is 2.39. The summed E-state index contributed by atoms with van der Waals surface area (Å²) < 4.78 is 6.02. The number of rotatable bonds is 4. The summed E-state index contributed by atoms with van der Waals surface area (Å²) in [4.78, 5) is 14.3. The van der Waals surface area contributed by atoms with Crippen molar-refractivity contribution in [3.63, 3.8) is 0 Å². The Morgan fingerprint density at radius 1 is 1.35 bits per heavy atom. The number of nitro groups is 1. The largest absolute Gasteiger partial charge is 0.482 e. The predicted octanol–water partition coefficient (Wildman–Crippen LogP) is 4.64. The zero-order valence-corrected chi connectivity index (χ0v) is 12.9. The van der Waals surface area contributed by atoms with Crippen LogP contribution in [0, 0.1) is 10.1 Å². The number of hydrogen-bond donors (Lipinski definition) is 0. The molecule has 2 aromatic rings. The second-order valence-electron chi connectivity index (χ2n) is 3.72. The molecule has 0 saturated heterocycles. The number of benzene rings is 1. The predicted molar refractivity (Wildman–Crippen MR) is 79.4 cm³/mol.